The Labute approximate surface area is 181 Å². The van der Waals surface area contributed by atoms with Gasteiger partial charge in [0.25, 0.3) is 5.91 Å². The van der Waals surface area contributed by atoms with Gasteiger partial charge >= 0.3 is 0 Å². The highest BCUT2D eigenvalue weighted by Gasteiger charge is 2.30. The van der Waals surface area contributed by atoms with Gasteiger partial charge in [-0.1, -0.05) is 48.5 Å². The molecule has 4 rings (SSSR count). The largest absolute Gasteiger partial charge is 0.388 e. The van der Waals surface area contributed by atoms with Crippen LogP contribution in [0.2, 0.25) is 0 Å². The first-order valence-corrected chi connectivity index (χ1v) is 10.5. The molecule has 1 aliphatic rings. The number of carbonyl (C=O) groups excluding carboxylic acids is 2. The number of aliphatic hydroxyl groups is 1. The molecule has 158 valence electrons. The average molecular weight is 417 g/mol. The molecule has 4 nitrogen and oxygen atoms in total. The summed E-state index contributed by atoms with van der Waals surface area (Å²) in [6, 6.07) is 21.6. The molecule has 1 heterocycles. The van der Waals surface area contributed by atoms with Crippen LogP contribution in [0.25, 0.3) is 0 Å². The normalized spacial score (nSPS) is 15.5. The topological polar surface area (TPSA) is 57.6 Å². The third kappa shape index (κ3) is 4.57. The fourth-order valence-corrected chi connectivity index (χ4v) is 4.14. The molecule has 31 heavy (non-hydrogen) atoms. The number of aliphatic hydroxyl groups excluding tert-OH is 1. The predicted molar refractivity (Wildman–Crippen MR) is 116 cm³/mol. The van der Waals surface area contributed by atoms with Crippen LogP contribution in [0.3, 0.4) is 0 Å². The van der Waals surface area contributed by atoms with Gasteiger partial charge in [-0.2, -0.15) is 0 Å². The fraction of sp³-hybridized carbons (Fsp3) is 0.231. The van der Waals surface area contributed by atoms with E-state index in [9.17, 15) is 19.1 Å². The van der Waals surface area contributed by atoms with Crippen molar-refractivity contribution in [3.63, 3.8) is 0 Å². The van der Waals surface area contributed by atoms with Crippen molar-refractivity contribution in [3.05, 3.63) is 107 Å². The lowest BCUT2D eigenvalue weighted by Gasteiger charge is -2.34. The molecule has 1 saturated heterocycles. The van der Waals surface area contributed by atoms with E-state index in [-0.39, 0.29) is 17.6 Å². The number of amides is 1. The molecule has 1 fully saturated rings. The zero-order chi connectivity index (χ0) is 21.8. The molecule has 3 aromatic carbocycles. The van der Waals surface area contributed by atoms with Crippen LogP contribution in [-0.2, 0) is 0 Å². The summed E-state index contributed by atoms with van der Waals surface area (Å²) in [5.41, 5.74) is 1.89. The van der Waals surface area contributed by atoms with E-state index in [2.05, 4.69) is 0 Å². The van der Waals surface area contributed by atoms with Crippen LogP contribution in [0.15, 0.2) is 78.9 Å². The van der Waals surface area contributed by atoms with Crippen molar-refractivity contribution in [2.24, 2.45) is 5.92 Å². The Hall–Kier alpha value is -3.31. The molecular formula is C26H24FNO3. The fourth-order valence-electron chi connectivity index (χ4n) is 4.14. The van der Waals surface area contributed by atoms with Gasteiger partial charge in [-0.05, 0) is 54.7 Å². The summed E-state index contributed by atoms with van der Waals surface area (Å²) >= 11 is 0. The molecule has 3 aromatic rings. The van der Waals surface area contributed by atoms with E-state index in [1.807, 2.05) is 30.3 Å². The number of carbonyl (C=O) groups is 2. The highest BCUT2D eigenvalue weighted by atomic mass is 19.1. The van der Waals surface area contributed by atoms with E-state index in [0.29, 0.717) is 42.6 Å². The number of likely N-dealkylation sites (tertiary alicyclic amines) is 1. The first kappa shape index (κ1) is 20.9. The zero-order valence-electron chi connectivity index (χ0n) is 17.1. The Kier molecular flexibility index (Phi) is 6.23. The maximum absolute atomic E-state index is 13.2. The van der Waals surface area contributed by atoms with Gasteiger partial charge < -0.3 is 10.0 Å². The van der Waals surface area contributed by atoms with Gasteiger partial charge in [0, 0.05) is 24.2 Å². The van der Waals surface area contributed by atoms with Crippen LogP contribution >= 0.6 is 0 Å². The molecule has 0 unspecified atom stereocenters. The number of benzene rings is 3. The molecule has 0 bridgehead atoms. The van der Waals surface area contributed by atoms with Gasteiger partial charge in [-0.15, -0.1) is 0 Å². The molecule has 0 spiro atoms. The monoisotopic (exact) mass is 417 g/mol. The molecule has 0 radical (unpaired) electrons. The third-order valence-electron chi connectivity index (χ3n) is 5.92. The summed E-state index contributed by atoms with van der Waals surface area (Å²) in [4.78, 5) is 27.9. The SMILES string of the molecule is O=C(c1ccc(F)cc1)c1ccccc1C(=O)N1CCC([C@@H](O)c2ccccc2)CC1. The van der Waals surface area contributed by atoms with Crippen molar-refractivity contribution in [2.75, 3.05) is 13.1 Å². The lowest BCUT2D eigenvalue weighted by Crippen LogP contribution is -2.40. The predicted octanol–water partition coefficient (Wildman–Crippen LogP) is 4.64. The molecule has 1 N–H and O–H groups in total. The van der Waals surface area contributed by atoms with Gasteiger partial charge in [0.05, 0.1) is 11.7 Å². The summed E-state index contributed by atoms with van der Waals surface area (Å²) in [6.45, 7) is 1.04. The van der Waals surface area contributed by atoms with Crippen molar-refractivity contribution in [3.8, 4) is 0 Å². The third-order valence-corrected chi connectivity index (χ3v) is 5.92. The number of halogens is 1. The summed E-state index contributed by atoms with van der Waals surface area (Å²) in [7, 11) is 0. The Bertz CT molecular complexity index is 1060. The Morgan fingerprint density at radius 2 is 1.42 bits per heavy atom. The van der Waals surface area contributed by atoms with E-state index in [1.54, 1.807) is 29.2 Å². The van der Waals surface area contributed by atoms with Crippen molar-refractivity contribution in [1.82, 2.24) is 4.90 Å². The first-order chi connectivity index (χ1) is 15.0. The number of ketones is 1. The van der Waals surface area contributed by atoms with E-state index >= 15 is 0 Å². The van der Waals surface area contributed by atoms with Gasteiger partial charge in [-0.25, -0.2) is 4.39 Å². The number of hydrogen-bond acceptors (Lipinski definition) is 3. The van der Waals surface area contributed by atoms with Crippen molar-refractivity contribution in [2.45, 2.75) is 18.9 Å². The van der Waals surface area contributed by atoms with Gasteiger partial charge in [0.1, 0.15) is 5.82 Å². The second-order valence-electron chi connectivity index (χ2n) is 7.87. The van der Waals surface area contributed by atoms with Crippen molar-refractivity contribution >= 4 is 11.7 Å². The smallest absolute Gasteiger partial charge is 0.254 e. The van der Waals surface area contributed by atoms with Gasteiger partial charge in [-0.3, -0.25) is 9.59 Å². The van der Waals surface area contributed by atoms with Gasteiger partial charge in [0.15, 0.2) is 5.78 Å². The lowest BCUT2D eigenvalue weighted by atomic mass is 9.87. The number of hydrogen-bond donors (Lipinski definition) is 1. The average Bonchev–Trinajstić information content (AvgIpc) is 2.84. The number of rotatable bonds is 5. The van der Waals surface area contributed by atoms with Crippen LogP contribution in [0.5, 0.6) is 0 Å². The minimum Gasteiger partial charge on any atom is -0.388 e. The van der Waals surface area contributed by atoms with Crippen LogP contribution in [0.1, 0.15) is 50.8 Å². The van der Waals surface area contributed by atoms with Crippen LogP contribution in [0.4, 0.5) is 4.39 Å². The Morgan fingerprint density at radius 3 is 2.06 bits per heavy atom. The molecule has 0 saturated carbocycles. The minimum absolute atomic E-state index is 0.0857. The Balaban J connectivity index is 1.47. The highest BCUT2D eigenvalue weighted by molar-refractivity contribution is 6.15. The van der Waals surface area contributed by atoms with E-state index in [0.717, 1.165) is 5.56 Å². The first-order valence-electron chi connectivity index (χ1n) is 10.5. The maximum atomic E-state index is 13.2. The van der Waals surface area contributed by atoms with E-state index in [1.165, 1.54) is 24.3 Å². The molecular weight excluding hydrogens is 393 g/mol. The molecule has 1 aliphatic heterocycles. The number of nitrogens with zero attached hydrogens (tertiary/aromatic N) is 1. The molecule has 5 heteroatoms. The Morgan fingerprint density at radius 1 is 0.839 bits per heavy atom. The molecule has 0 aromatic heterocycles. The summed E-state index contributed by atoms with van der Waals surface area (Å²) in [5, 5.41) is 10.7. The maximum Gasteiger partial charge on any atom is 0.254 e. The van der Waals surface area contributed by atoms with E-state index in [4.69, 9.17) is 0 Å². The minimum atomic E-state index is -0.550. The van der Waals surface area contributed by atoms with Crippen molar-refractivity contribution in [1.29, 1.82) is 0 Å². The quantitative estimate of drug-likeness (QED) is 0.615. The molecule has 1 atom stereocenters. The molecule has 1 amide bonds. The number of piperidine rings is 1. The van der Waals surface area contributed by atoms with Crippen LogP contribution in [-0.4, -0.2) is 34.8 Å². The summed E-state index contributed by atoms with van der Waals surface area (Å²) in [5.74, 6) is -0.832. The van der Waals surface area contributed by atoms with Crippen LogP contribution < -0.4 is 0 Å². The zero-order valence-corrected chi connectivity index (χ0v) is 17.1. The lowest BCUT2D eigenvalue weighted by molar-refractivity contribution is 0.0461. The molecule has 0 aliphatic carbocycles. The second-order valence-corrected chi connectivity index (χ2v) is 7.87. The second kappa shape index (κ2) is 9.23. The standard InChI is InChI=1S/C26H24FNO3/c27-21-12-10-19(11-13-21)25(30)22-8-4-5-9-23(22)26(31)28-16-14-20(15-17-28)24(29)18-6-2-1-3-7-18/h1-13,20,24,29H,14-17H2/t24-/m0/s1. The van der Waals surface area contributed by atoms with Crippen molar-refractivity contribution < 1.29 is 19.1 Å². The van der Waals surface area contributed by atoms with Crippen LogP contribution in [0, 0.1) is 11.7 Å². The van der Waals surface area contributed by atoms with Gasteiger partial charge in [0.2, 0.25) is 0 Å². The van der Waals surface area contributed by atoms with E-state index < -0.39 is 11.9 Å². The highest BCUT2D eigenvalue weighted by Crippen LogP contribution is 2.31. The summed E-state index contributed by atoms with van der Waals surface area (Å²) < 4.78 is 13.2. The summed E-state index contributed by atoms with van der Waals surface area (Å²) in [6.07, 6.45) is 0.831.